The van der Waals surface area contributed by atoms with E-state index in [0.717, 1.165) is 0 Å². The average Bonchev–Trinajstić information content (AvgIpc) is 2.69. The van der Waals surface area contributed by atoms with Crippen LogP contribution in [0.2, 0.25) is 0 Å². The van der Waals surface area contributed by atoms with Crippen molar-refractivity contribution in [3.63, 3.8) is 0 Å². The Morgan fingerprint density at radius 3 is 1.71 bits per heavy atom. The van der Waals surface area contributed by atoms with Gasteiger partial charge in [0.15, 0.2) is 0 Å². The Balaban J connectivity index is 3.06. The number of nitrogens with zero attached hydrogens (tertiary/aromatic N) is 1. The van der Waals surface area contributed by atoms with E-state index in [-0.39, 0.29) is 17.7 Å². The van der Waals surface area contributed by atoms with E-state index in [1.807, 2.05) is 0 Å². The van der Waals surface area contributed by atoms with Crippen molar-refractivity contribution in [2.45, 2.75) is 30.7 Å². The summed E-state index contributed by atoms with van der Waals surface area (Å²) in [6.45, 7) is -1.03. The van der Waals surface area contributed by atoms with E-state index < -0.39 is 37.0 Å². The zero-order valence-corrected chi connectivity index (χ0v) is 8.33. The summed E-state index contributed by atoms with van der Waals surface area (Å²) in [5.74, 6) is -12.1. The zero-order valence-electron chi connectivity index (χ0n) is 8.33. The highest BCUT2D eigenvalue weighted by atomic mass is 19.3. The third kappa shape index (κ3) is 2.00. The van der Waals surface area contributed by atoms with Gasteiger partial charge < -0.3 is 0 Å². The molecule has 0 spiro atoms. The van der Waals surface area contributed by atoms with Crippen LogP contribution in [0.15, 0.2) is 0 Å². The summed E-state index contributed by atoms with van der Waals surface area (Å²) >= 11 is 0. The molecule has 1 rings (SSSR count). The number of rotatable bonds is 4. The first kappa shape index (κ1) is 14.2. The van der Waals surface area contributed by atoms with Crippen molar-refractivity contribution >= 4 is 6.04 Å². The topological polar surface area (TPSA) is 20.3 Å². The lowest BCUT2D eigenvalue weighted by atomic mass is 10.1. The quantitative estimate of drug-likeness (QED) is 0.443. The molecule has 1 heterocycles. The molecule has 0 saturated carbocycles. The van der Waals surface area contributed by atoms with Crippen molar-refractivity contribution in [2.24, 2.45) is 0 Å². The van der Waals surface area contributed by atoms with E-state index >= 15 is 0 Å². The standard InChI is InChI=1S/C8H8F7NO/c9-5(17)6(10,11)7(12,13)8(14,15)16-3-1-2-4-16/h1-4H2. The molecule has 1 aliphatic rings. The molecule has 0 N–H and O–H groups in total. The SMILES string of the molecule is O=C(F)C(F)(F)C(F)(F)C(F)(F)N1CCCC1. The first-order valence-electron chi connectivity index (χ1n) is 4.63. The van der Waals surface area contributed by atoms with Crippen molar-refractivity contribution < 1.29 is 35.5 Å². The maximum absolute atomic E-state index is 13.1. The average molecular weight is 267 g/mol. The Hall–Kier alpha value is -0.860. The summed E-state index contributed by atoms with van der Waals surface area (Å²) in [6, 6.07) is -9.05. The summed E-state index contributed by atoms with van der Waals surface area (Å²) in [5.41, 5.74) is 0. The molecular formula is C8H8F7NO. The zero-order chi connectivity index (χ0) is 13.5. The van der Waals surface area contributed by atoms with Crippen LogP contribution in [-0.4, -0.2) is 41.9 Å². The Morgan fingerprint density at radius 1 is 0.941 bits per heavy atom. The first-order valence-corrected chi connectivity index (χ1v) is 4.63. The number of hydrogen-bond donors (Lipinski definition) is 0. The highest BCUT2D eigenvalue weighted by Gasteiger charge is 2.77. The molecule has 1 saturated heterocycles. The normalized spacial score (nSPS) is 19.7. The molecule has 0 bridgehead atoms. The lowest BCUT2D eigenvalue weighted by Crippen LogP contribution is -2.63. The van der Waals surface area contributed by atoms with E-state index in [9.17, 15) is 35.5 Å². The second-order valence-electron chi connectivity index (χ2n) is 3.66. The number of alkyl halides is 6. The highest BCUT2D eigenvalue weighted by Crippen LogP contribution is 2.48. The molecule has 17 heavy (non-hydrogen) atoms. The van der Waals surface area contributed by atoms with Crippen LogP contribution in [0.1, 0.15) is 12.8 Å². The van der Waals surface area contributed by atoms with Gasteiger partial charge in [-0.15, -0.1) is 0 Å². The summed E-state index contributed by atoms with van der Waals surface area (Å²) < 4.78 is 88.8. The Morgan fingerprint density at radius 2 is 1.35 bits per heavy atom. The van der Waals surface area contributed by atoms with Gasteiger partial charge in [0, 0.05) is 13.1 Å². The van der Waals surface area contributed by atoms with Gasteiger partial charge in [-0.05, 0) is 12.8 Å². The number of carbonyl (C=O) groups is 1. The van der Waals surface area contributed by atoms with Crippen molar-refractivity contribution in [3.05, 3.63) is 0 Å². The number of carbonyl (C=O) groups excluding carboxylic acids is 1. The van der Waals surface area contributed by atoms with Crippen molar-refractivity contribution in [1.82, 2.24) is 4.90 Å². The van der Waals surface area contributed by atoms with Crippen LogP contribution in [0.3, 0.4) is 0 Å². The minimum absolute atomic E-state index is 0.140. The molecule has 0 aliphatic carbocycles. The van der Waals surface area contributed by atoms with Gasteiger partial charge in [0.2, 0.25) is 0 Å². The first-order chi connectivity index (χ1) is 7.55. The van der Waals surface area contributed by atoms with Crippen LogP contribution in [0.5, 0.6) is 0 Å². The van der Waals surface area contributed by atoms with Crippen LogP contribution in [0, 0.1) is 0 Å². The van der Waals surface area contributed by atoms with Gasteiger partial charge in [-0.3, -0.25) is 4.79 Å². The smallest absolute Gasteiger partial charge is 0.254 e. The summed E-state index contributed by atoms with van der Waals surface area (Å²) in [5, 5.41) is 0. The minimum atomic E-state index is -6.09. The molecule has 2 nitrogen and oxygen atoms in total. The molecule has 0 unspecified atom stereocenters. The van der Waals surface area contributed by atoms with Crippen molar-refractivity contribution in [1.29, 1.82) is 0 Å². The lowest BCUT2D eigenvalue weighted by molar-refractivity contribution is -0.343. The number of hydrogen-bond acceptors (Lipinski definition) is 2. The maximum atomic E-state index is 13.1. The highest BCUT2D eigenvalue weighted by molar-refractivity contribution is 5.77. The van der Waals surface area contributed by atoms with E-state index in [0.29, 0.717) is 0 Å². The molecule has 0 amide bonds. The molecule has 100 valence electrons. The third-order valence-corrected chi connectivity index (χ3v) is 2.52. The molecule has 0 atom stereocenters. The molecular weight excluding hydrogens is 259 g/mol. The second kappa shape index (κ2) is 4.11. The molecule has 0 radical (unpaired) electrons. The van der Waals surface area contributed by atoms with E-state index in [1.165, 1.54) is 0 Å². The molecule has 1 fully saturated rings. The Labute approximate surface area is 91.4 Å². The number of likely N-dealkylation sites (tertiary alicyclic amines) is 1. The van der Waals surface area contributed by atoms with Gasteiger partial charge in [0.25, 0.3) is 0 Å². The summed E-state index contributed by atoms with van der Waals surface area (Å²) in [4.78, 5) is 9.55. The monoisotopic (exact) mass is 267 g/mol. The van der Waals surface area contributed by atoms with Crippen molar-refractivity contribution in [3.8, 4) is 0 Å². The van der Waals surface area contributed by atoms with Gasteiger partial charge in [-0.25, -0.2) is 4.90 Å². The van der Waals surface area contributed by atoms with Gasteiger partial charge in [-0.2, -0.15) is 30.7 Å². The van der Waals surface area contributed by atoms with Crippen LogP contribution in [0.4, 0.5) is 30.7 Å². The predicted molar refractivity (Wildman–Crippen MR) is 41.8 cm³/mol. The predicted octanol–water partition coefficient (Wildman–Crippen LogP) is 2.44. The Bertz CT molecular complexity index is 311. The fraction of sp³-hybridized carbons (Fsp3) is 0.875. The van der Waals surface area contributed by atoms with E-state index in [1.54, 1.807) is 0 Å². The number of halogens is 7. The fourth-order valence-electron chi connectivity index (χ4n) is 1.51. The van der Waals surface area contributed by atoms with Crippen molar-refractivity contribution in [2.75, 3.05) is 13.1 Å². The largest absolute Gasteiger partial charge is 0.405 e. The van der Waals surface area contributed by atoms with Gasteiger partial charge in [-0.1, -0.05) is 0 Å². The maximum Gasteiger partial charge on any atom is 0.405 e. The fourth-order valence-corrected chi connectivity index (χ4v) is 1.51. The molecule has 0 aromatic rings. The van der Waals surface area contributed by atoms with Gasteiger partial charge >= 0.3 is 23.9 Å². The van der Waals surface area contributed by atoms with Crippen LogP contribution >= 0.6 is 0 Å². The summed E-state index contributed by atoms with van der Waals surface area (Å²) in [7, 11) is 0. The van der Waals surface area contributed by atoms with Crippen LogP contribution in [0.25, 0.3) is 0 Å². The Kier molecular flexibility index (Phi) is 3.43. The molecule has 1 aliphatic heterocycles. The van der Waals surface area contributed by atoms with E-state index in [2.05, 4.69) is 0 Å². The minimum Gasteiger partial charge on any atom is -0.254 e. The second-order valence-corrected chi connectivity index (χ2v) is 3.66. The van der Waals surface area contributed by atoms with Crippen LogP contribution < -0.4 is 0 Å². The van der Waals surface area contributed by atoms with Gasteiger partial charge in [0.05, 0.1) is 0 Å². The van der Waals surface area contributed by atoms with E-state index in [4.69, 9.17) is 0 Å². The molecule has 0 aromatic carbocycles. The lowest BCUT2D eigenvalue weighted by Gasteiger charge is -2.35. The molecule has 0 aromatic heterocycles. The summed E-state index contributed by atoms with van der Waals surface area (Å²) in [6.07, 6.45) is 0.279. The van der Waals surface area contributed by atoms with Gasteiger partial charge in [0.1, 0.15) is 0 Å². The molecule has 9 heteroatoms. The third-order valence-electron chi connectivity index (χ3n) is 2.52. The van der Waals surface area contributed by atoms with Crippen LogP contribution in [-0.2, 0) is 4.79 Å².